The molecule has 2 aromatic heterocycles. The van der Waals surface area contributed by atoms with Crippen LogP contribution in [-0.2, 0) is 26.7 Å². The summed E-state index contributed by atoms with van der Waals surface area (Å²) >= 11 is 0. The van der Waals surface area contributed by atoms with E-state index in [2.05, 4.69) is 38.8 Å². The first kappa shape index (κ1) is 39.0. The molecule has 1 fully saturated rings. The van der Waals surface area contributed by atoms with E-state index in [1.807, 2.05) is 73.7 Å². The van der Waals surface area contributed by atoms with Crippen molar-refractivity contribution in [2.45, 2.75) is 20.0 Å². The van der Waals surface area contributed by atoms with E-state index in [0.717, 1.165) is 84.4 Å². The first-order valence-corrected chi connectivity index (χ1v) is 21.3. The van der Waals surface area contributed by atoms with Gasteiger partial charge in [-0.15, -0.1) is 0 Å². The number of nitrogens with zero attached hydrogens (tertiary/aromatic N) is 4. The van der Waals surface area contributed by atoms with E-state index in [-0.39, 0.29) is 0 Å². The molecule has 0 bridgehead atoms. The highest BCUT2D eigenvalue weighted by molar-refractivity contribution is 7.65. The van der Waals surface area contributed by atoms with E-state index >= 15 is 0 Å². The van der Waals surface area contributed by atoms with Crippen molar-refractivity contribution in [3.05, 3.63) is 106 Å². The molecule has 0 spiro atoms. The molecule has 52 heavy (non-hydrogen) atoms. The van der Waals surface area contributed by atoms with E-state index in [4.69, 9.17) is 24.0 Å². The molecule has 0 aliphatic carbocycles. The third-order valence-electron chi connectivity index (χ3n) is 8.49. The molecule has 0 radical (unpaired) electrons. The Morgan fingerprint density at radius 2 is 1.21 bits per heavy atom. The number of pyridine rings is 2. The fourth-order valence-electron chi connectivity index (χ4n) is 5.68. The summed E-state index contributed by atoms with van der Waals surface area (Å²) in [6.45, 7) is 11.5. The van der Waals surface area contributed by atoms with E-state index in [1.165, 1.54) is 0 Å². The van der Waals surface area contributed by atoms with Crippen molar-refractivity contribution in [1.29, 1.82) is 0 Å². The molecule has 1 N–H and O–H groups in total. The Kier molecular flexibility index (Phi) is 14.3. The summed E-state index contributed by atoms with van der Waals surface area (Å²) in [5.74, 6) is 14.5. The highest BCUT2D eigenvalue weighted by Gasteiger charge is 2.23. The predicted molar refractivity (Wildman–Crippen MR) is 209 cm³/mol. The van der Waals surface area contributed by atoms with E-state index in [9.17, 15) is 9.13 Å². The summed E-state index contributed by atoms with van der Waals surface area (Å²) in [6.07, 6.45) is 0. The van der Waals surface area contributed by atoms with Gasteiger partial charge in [0.05, 0.1) is 37.6 Å². The van der Waals surface area contributed by atoms with Gasteiger partial charge in [0.1, 0.15) is 24.7 Å². The number of benzene rings is 2. The predicted octanol–water partition coefficient (Wildman–Crippen LogP) is 4.59. The zero-order valence-corrected chi connectivity index (χ0v) is 32.5. The monoisotopic (exact) mass is 739 g/mol. The van der Waals surface area contributed by atoms with Gasteiger partial charge in [-0.05, 0) is 86.4 Å². The molecule has 3 heterocycles. The third kappa shape index (κ3) is 11.6. The number of rotatable bonds is 10. The highest BCUT2D eigenvalue weighted by atomic mass is 31.2. The van der Waals surface area contributed by atoms with Crippen LogP contribution in [0, 0.1) is 23.7 Å². The molecule has 10 nitrogen and oxygen atoms in total. The first-order chi connectivity index (χ1) is 25.1. The molecular weight excluding hydrogens is 692 g/mol. The van der Waals surface area contributed by atoms with Crippen molar-refractivity contribution in [3.8, 4) is 35.2 Å². The van der Waals surface area contributed by atoms with Gasteiger partial charge in [0.15, 0.2) is 0 Å². The van der Waals surface area contributed by atoms with Gasteiger partial charge in [-0.1, -0.05) is 23.7 Å². The lowest BCUT2D eigenvalue weighted by atomic mass is 10.1. The van der Waals surface area contributed by atoms with Crippen LogP contribution in [0.2, 0.25) is 0 Å². The molecule has 2 aromatic carbocycles. The maximum absolute atomic E-state index is 13.5. The van der Waals surface area contributed by atoms with Crippen molar-refractivity contribution in [2.75, 3.05) is 73.4 Å². The zero-order valence-electron chi connectivity index (χ0n) is 30.6. The van der Waals surface area contributed by atoms with Crippen LogP contribution in [0.1, 0.15) is 40.6 Å². The molecule has 5 rings (SSSR count). The smallest absolute Gasteiger partial charge is 0.247 e. The second kappa shape index (κ2) is 19.0. The minimum Gasteiger partial charge on any atom is -0.497 e. The topological polar surface area (TPSA) is 106 Å². The number of aromatic nitrogens is 2. The van der Waals surface area contributed by atoms with Crippen molar-refractivity contribution in [3.63, 3.8) is 0 Å². The molecule has 0 amide bonds. The SMILES string of the molecule is CCOP(C)(=O)c1cc(C#Cc2ccc(OC)cc2)cc(CN2CCNCCN(Cc3cc(C#Cc4ccc(OC)cc4)cc([PH](C)=O)n3)CC2)n1. The summed E-state index contributed by atoms with van der Waals surface area (Å²) in [5, 5.41) is 3.56. The van der Waals surface area contributed by atoms with Gasteiger partial charge >= 0.3 is 0 Å². The maximum Gasteiger partial charge on any atom is 0.247 e. The number of nitrogens with one attached hydrogen (secondary N) is 1. The van der Waals surface area contributed by atoms with Gasteiger partial charge in [-0.2, -0.15) is 0 Å². The minimum atomic E-state index is -3.15. The Labute approximate surface area is 308 Å². The van der Waals surface area contributed by atoms with E-state index in [1.54, 1.807) is 33.6 Å². The van der Waals surface area contributed by atoms with Crippen LogP contribution in [0.25, 0.3) is 0 Å². The number of methoxy groups -OCH3 is 2. The van der Waals surface area contributed by atoms with Crippen molar-refractivity contribution < 1.29 is 23.1 Å². The fraction of sp³-hybridized carbons (Fsp3) is 0.350. The molecule has 1 aliphatic rings. The quantitative estimate of drug-likeness (QED) is 0.184. The second-order valence-electron chi connectivity index (χ2n) is 12.5. The van der Waals surface area contributed by atoms with Crippen molar-refractivity contribution in [2.24, 2.45) is 0 Å². The number of ether oxygens (including phenoxy) is 2. The van der Waals surface area contributed by atoms with Crippen LogP contribution in [-0.4, -0.2) is 93.2 Å². The number of hydrogen-bond acceptors (Lipinski definition) is 10. The Bertz CT molecular complexity index is 2020. The first-order valence-electron chi connectivity index (χ1n) is 17.4. The molecule has 0 saturated carbocycles. The summed E-state index contributed by atoms with van der Waals surface area (Å²) in [4.78, 5) is 14.3. The van der Waals surface area contributed by atoms with Crippen LogP contribution in [0.5, 0.6) is 11.5 Å². The van der Waals surface area contributed by atoms with Crippen molar-refractivity contribution >= 4 is 26.0 Å². The van der Waals surface area contributed by atoms with Crippen molar-refractivity contribution in [1.82, 2.24) is 25.1 Å². The largest absolute Gasteiger partial charge is 0.497 e. The summed E-state index contributed by atoms with van der Waals surface area (Å²) in [5.41, 5.74) is 5.86. The van der Waals surface area contributed by atoms with Crippen LogP contribution < -0.4 is 25.7 Å². The molecule has 4 aromatic rings. The van der Waals surface area contributed by atoms with Gasteiger partial charge < -0.3 is 23.9 Å². The van der Waals surface area contributed by atoms with Gasteiger partial charge in [-0.25, -0.2) is 9.97 Å². The average molecular weight is 740 g/mol. The lowest BCUT2D eigenvalue weighted by Gasteiger charge is -2.26. The molecule has 12 heteroatoms. The molecule has 1 saturated heterocycles. The van der Waals surface area contributed by atoms with E-state index in [0.29, 0.717) is 30.6 Å². The summed E-state index contributed by atoms with van der Waals surface area (Å²) in [7, 11) is -1.90. The van der Waals surface area contributed by atoms with Crippen LogP contribution >= 0.6 is 15.2 Å². The molecule has 272 valence electrons. The van der Waals surface area contributed by atoms with Gasteiger partial charge in [0.25, 0.3) is 0 Å². The van der Waals surface area contributed by atoms with Crippen LogP contribution in [0.4, 0.5) is 0 Å². The third-order valence-corrected chi connectivity index (χ3v) is 11.3. The lowest BCUT2D eigenvalue weighted by Crippen LogP contribution is -2.36. The summed E-state index contributed by atoms with van der Waals surface area (Å²) in [6, 6.07) is 22.7. The van der Waals surface area contributed by atoms with Gasteiger partial charge in [0, 0.05) is 81.3 Å². The normalized spacial score (nSPS) is 15.7. The Morgan fingerprint density at radius 3 is 1.69 bits per heavy atom. The molecule has 2 atom stereocenters. The second-order valence-corrected chi connectivity index (χ2v) is 16.5. The Hall–Kier alpha value is -4.24. The van der Waals surface area contributed by atoms with Gasteiger partial charge in [0.2, 0.25) is 7.37 Å². The van der Waals surface area contributed by atoms with Crippen LogP contribution in [0.3, 0.4) is 0 Å². The molecule has 2 unspecified atom stereocenters. The zero-order chi connectivity index (χ0) is 36.9. The standard InChI is InChI=1S/C40H47N5O5P2/c1-6-50-52(5,47)40-28-34(10-8-32-13-17-38(49-3)18-14-32)26-36(43-40)30-45-22-20-41-19-21-44(23-24-45)29-35-25-33(27-39(42-35)51(4)46)9-7-31-11-15-37(48-2)16-12-31/h11-18,25-28,41,51H,6,19-24,29-30H2,1-5H3. The highest BCUT2D eigenvalue weighted by Crippen LogP contribution is 2.40. The maximum atomic E-state index is 13.5. The molecule has 1 aliphatic heterocycles. The fourth-order valence-corrected chi connectivity index (χ4v) is 7.65. The number of hydrogen-bond donors (Lipinski definition) is 1. The lowest BCUT2D eigenvalue weighted by molar-refractivity contribution is 0.207. The molecular formula is C40H47N5O5P2. The van der Waals surface area contributed by atoms with Gasteiger partial charge in [-0.3, -0.25) is 14.4 Å². The Balaban J connectivity index is 1.33. The Morgan fingerprint density at radius 1 is 0.731 bits per heavy atom. The average Bonchev–Trinajstić information content (AvgIpc) is 3.25. The van der Waals surface area contributed by atoms with E-state index < -0.39 is 15.2 Å². The minimum absolute atomic E-state index is 0.323. The summed E-state index contributed by atoms with van der Waals surface area (Å²) < 4.78 is 42.3. The van der Waals surface area contributed by atoms with Crippen LogP contribution in [0.15, 0.2) is 72.8 Å².